The van der Waals surface area contributed by atoms with Crippen molar-refractivity contribution in [2.45, 2.75) is 58.4 Å². The number of hydrogen-bond acceptors (Lipinski definition) is 1. The van der Waals surface area contributed by atoms with Crippen molar-refractivity contribution in [1.82, 2.24) is 0 Å². The first-order valence-corrected chi connectivity index (χ1v) is 8.85. The first-order valence-electron chi connectivity index (χ1n) is 8.85. The van der Waals surface area contributed by atoms with Gasteiger partial charge >= 0.3 is 0 Å². The topological polar surface area (TPSA) is 33.5 Å². The molecule has 0 radical (unpaired) electrons. The number of quaternary nitrogens is 1. The van der Waals surface area contributed by atoms with Gasteiger partial charge in [-0.1, -0.05) is 12.5 Å². The van der Waals surface area contributed by atoms with Crippen molar-refractivity contribution in [3.63, 3.8) is 0 Å². The summed E-state index contributed by atoms with van der Waals surface area (Å²) in [5.74, 6) is 1.04. The predicted octanol–water partition coefficient (Wildman–Crippen LogP) is 2.48. The molecule has 2 N–H and O–H groups in total. The minimum Gasteiger partial charge on any atom is -0.324 e. The van der Waals surface area contributed by atoms with E-state index in [1.807, 2.05) is 6.07 Å². The lowest BCUT2D eigenvalue weighted by Gasteiger charge is -2.40. The van der Waals surface area contributed by atoms with Crippen LogP contribution in [0, 0.1) is 19.8 Å². The van der Waals surface area contributed by atoms with E-state index in [4.69, 9.17) is 0 Å². The lowest BCUT2D eigenvalue weighted by Crippen LogP contribution is -3.18. The maximum Gasteiger partial charge on any atom is 0.279 e. The van der Waals surface area contributed by atoms with Gasteiger partial charge in [0.15, 0.2) is 6.54 Å². The smallest absolute Gasteiger partial charge is 0.279 e. The highest BCUT2D eigenvalue weighted by atomic mass is 16.2. The van der Waals surface area contributed by atoms with Crippen LogP contribution in [-0.4, -0.2) is 25.0 Å². The molecule has 1 aromatic carbocycles. The van der Waals surface area contributed by atoms with Crippen LogP contribution in [0.4, 0.5) is 5.69 Å². The number of rotatable bonds is 3. The molecular weight excluding hydrogens is 272 g/mol. The molecule has 1 heterocycles. The van der Waals surface area contributed by atoms with E-state index >= 15 is 0 Å². The van der Waals surface area contributed by atoms with Gasteiger partial charge in [-0.05, 0) is 69.2 Å². The predicted molar refractivity (Wildman–Crippen MR) is 90.2 cm³/mol. The summed E-state index contributed by atoms with van der Waals surface area (Å²) in [6.45, 7) is 5.99. The molecule has 2 fully saturated rings. The van der Waals surface area contributed by atoms with E-state index < -0.39 is 0 Å². The van der Waals surface area contributed by atoms with Gasteiger partial charge in [0.1, 0.15) is 0 Å². The number of carbonyl (C=O) groups is 1. The molecule has 1 aromatic rings. The van der Waals surface area contributed by atoms with E-state index in [-0.39, 0.29) is 5.91 Å². The number of hydrogen-bond donors (Lipinski definition) is 2. The Morgan fingerprint density at radius 3 is 2.73 bits per heavy atom. The lowest BCUT2D eigenvalue weighted by atomic mass is 9.78. The molecule has 120 valence electrons. The van der Waals surface area contributed by atoms with E-state index in [0.717, 1.165) is 17.6 Å². The van der Waals surface area contributed by atoms with Gasteiger partial charge in [0.2, 0.25) is 0 Å². The van der Waals surface area contributed by atoms with Crippen LogP contribution in [0.2, 0.25) is 0 Å². The number of carbonyl (C=O) groups excluding carboxylic acids is 1. The number of likely N-dealkylation sites (tertiary alicyclic amines) is 1. The number of amides is 1. The van der Waals surface area contributed by atoms with Crippen molar-refractivity contribution in [3.8, 4) is 0 Å². The maximum atomic E-state index is 12.4. The van der Waals surface area contributed by atoms with E-state index in [9.17, 15) is 4.79 Å². The Hall–Kier alpha value is -1.35. The molecular formula is C19H29N2O+. The normalized spacial score (nSPS) is 28.0. The molecule has 3 nitrogen and oxygen atoms in total. The highest BCUT2D eigenvalue weighted by Crippen LogP contribution is 2.28. The van der Waals surface area contributed by atoms with Gasteiger partial charge in [0, 0.05) is 11.6 Å². The van der Waals surface area contributed by atoms with Crippen molar-refractivity contribution in [1.29, 1.82) is 0 Å². The average Bonchev–Trinajstić information content (AvgIpc) is 2.51. The van der Waals surface area contributed by atoms with Gasteiger partial charge in [-0.15, -0.1) is 0 Å². The number of benzene rings is 1. The molecule has 22 heavy (non-hydrogen) atoms. The molecule has 2 aliphatic rings. The largest absolute Gasteiger partial charge is 0.324 e. The number of anilines is 1. The fourth-order valence-electron chi connectivity index (χ4n) is 4.32. The molecule has 1 amide bonds. The summed E-state index contributed by atoms with van der Waals surface area (Å²) >= 11 is 0. The molecule has 3 atom stereocenters. The van der Waals surface area contributed by atoms with Crippen LogP contribution in [-0.2, 0) is 4.79 Å². The van der Waals surface area contributed by atoms with Crippen LogP contribution in [0.1, 0.15) is 49.7 Å². The van der Waals surface area contributed by atoms with Crippen LogP contribution >= 0.6 is 0 Å². The monoisotopic (exact) mass is 301 g/mol. The Morgan fingerprint density at radius 2 is 1.91 bits per heavy atom. The fraction of sp³-hybridized carbons (Fsp3) is 0.632. The van der Waals surface area contributed by atoms with Crippen LogP contribution in [0.25, 0.3) is 0 Å². The third kappa shape index (κ3) is 3.52. The van der Waals surface area contributed by atoms with Crippen molar-refractivity contribution >= 4 is 11.6 Å². The van der Waals surface area contributed by atoms with Gasteiger partial charge in [-0.25, -0.2) is 0 Å². The van der Waals surface area contributed by atoms with Crippen molar-refractivity contribution in [2.24, 2.45) is 5.92 Å². The minimum atomic E-state index is 0.171. The van der Waals surface area contributed by atoms with E-state index in [1.54, 1.807) is 0 Å². The Labute approximate surface area is 134 Å². The SMILES string of the molecule is Cc1ccc(NC(=O)C[NH+]2CCC[C@H]3CCCC[C@@H]32)cc1C. The van der Waals surface area contributed by atoms with Crippen molar-refractivity contribution in [2.75, 3.05) is 18.4 Å². The summed E-state index contributed by atoms with van der Waals surface area (Å²) < 4.78 is 0. The lowest BCUT2D eigenvalue weighted by molar-refractivity contribution is -0.928. The summed E-state index contributed by atoms with van der Waals surface area (Å²) in [5, 5.41) is 3.09. The summed E-state index contributed by atoms with van der Waals surface area (Å²) in [4.78, 5) is 13.9. The summed E-state index contributed by atoms with van der Waals surface area (Å²) in [6.07, 6.45) is 8.11. The molecule has 1 aliphatic carbocycles. The standard InChI is InChI=1S/C19H28N2O/c1-14-9-10-17(12-15(14)2)20-19(22)13-21-11-5-7-16-6-3-4-8-18(16)21/h9-10,12,16,18H,3-8,11,13H2,1-2H3,(H,20,22)/p+1/t16-,18+/m1/s1. The van der Waals surface area contributed by atoms with Crippen LogP contribution in [0.5, 0.6) is 0 Å². The highest BCUT2D eigenvalue weighted by molar-refractivity contribution is 5.91. The summed E-state index contributed by atoms with van der Waals surface area (Å²) in [7, 11) is 0. The second-order valence-corrected chi connectivity index (χ2v) is 7.23. The third-order valence-electron chi connectivity index (χ3n) is 5.68. The van der Waals surface area contributed by atoms with Crippen LogP contribution in [0.3, 0.4) is 0 Å². The van der Waals surface area contributed by atoms with Gasteiger partial charge in [0.25, 0.3) is 5.91 Å². The molecule has 1 saturated heterocycles. The van der Waals surface area contributed by atoms with E-state index in [0.29, 0.717) is 6.54 Å². The zero-order chi connectivity index (χ0) is 15.5. The van der Waals surface area contributed by atoms with Gasteiger partial charge in [0.05, 0.1) is 12.6 Å². The summed E-state index contributed by atoms with van der Waals surface area (Å²) in [6, 6.07) is 6.89. The molecule has 0 bridgehead atoms. The molecule has 3 rings (SSSR count). The molecule has 1 unspecified atom stereocenters. The van der Waals surface area contributed by atoms with Crippen molar-refractivity contribution < 1.29 is 9.69 Å². The van der Waals surface area contributed by atoms with E-state index in [1.165, 1.54) is 61.1 Å². The second-order valence-electron chi connectivity index (χ2n) is 7.23. The Kier molecular flexibility index (Phi) is 4.82. The maximum absolute atomic E-state index is 12.4. The fourth-order valence-corrected chi connectivity index (χ4v) is 4.32. The number of fused-ring (bicyclic) bond motifs is 1. The molecule has 0 spiro atoms. The zero-order valence-corrected chi connectivity index (χ0v) is 14.0. The Balaban J connectivity index is 1.59. The van der Waals surface area contributed by atoms with Gasteiger partial charge in [-0.2, -0.15) is 0 Å². The average molecular weight is 301 g/mol. The first kappa shape index (κ1) is 15.5. The van der Waals surface area contributed by atoms with Gasteiger partial charge < -0.3 is 10.2 Å². The van der Waals surface area contributed by atoms with Crippen LogP contribution < -0.4 is 10.2 Å². The van der Waals surface area contributed by atoms with Gasteiger partial charge in [-0.3, -0.25) is 4.79 Å². The van der Waals surface area contributed by atoms with E-state index in [2.05, 4.69) is 31.3 Å². The quantitative estimate of drug-likeness (QED) is 0.883. The second kappa shape index (κ2) is 6.82. The number of nitrogens with one attached hydrogen (secondary N) is 2. The molecule has 3 heteroatoms. The Morgan fingerprint density at radius 1 is 1.14 bits per heavy atom. The number of aryl methyl sites for hydroxylation is 2. The van der Waals surface area contributed by atoms with Crippen molar-refractivity contribution in [3.05, 3.63) is 29.3 Å². The minimum absolute atomic E-state index is 0.171. The Bertz CT molecular complexity index is 538. The molecule has 0 aromatic heterocycles. The number of piperidine rings is 1. The third-order valence-corrected chi connectivity index (χ3v) is 5.68. The summed E-state index contributed by atoms with van der Waals surface area (Å²) in [5.41, 5.74) is 3.44. The molecule has 1 saturated carbocycles. The molecule has 1 aliphatic heterocycles. The zero-order valence-electron chi connectivity index (χ0n) is 14.0. The highest BCUT2D eigenvalue weighted by Gasteiger charge is 2.37. The van der Waals surface area contributed by atoms with Crippen LogP contribution in [0.15, 0.2) is 18.2 Å². The first-order chi connectivity index (χ1) is 10.6.